The number of benzene rings is 1. The second-order valence-electron chi connectivity index (χ2n) is 4.65. The van der Waals surface area contributed by atoms with E-state index in [1.54, 1.807) is 24.3 Å². The first-order valence-corrected chi connectivity index (χ1v) is 6.56. The number of carbonyl (C=O) groups excluding carboxylic acids is 1. The van der Waals surface area contributed by atoms with Gasteiger partial charge in [-0.15, -0.1) is 0 Å². The number of carbonyl (C=O) groups is 1. The van der Waals surface area contributed by atoms with Crippen molar-refractivity contribution in [2.75, 3.05) is 18.4 Å². The van der Waals surface area contributed by atoms with Crippen LogP contribution in [-0.4, -0.2) is 25.2 Å². The normalized spacial score (nSPS) is 17.7. The van der Waals surface area contributed by atoms with Crippen LogP contribution in [0.4, 0.5) is 10.5 Å². The minimum Gasteiger partial charge on any atom is -0.338 e. The molecule has 3 N–H and O–H groups in total. The molecule has 0 radical (unpaired) electrons. The Balaban J connectivity index is 1.69. The van der Waals surface area contributed by atoms with Crippen LogP contribution in [0.5, 0.6) is 0 Å². The SMILES string of the molecule is N#Cc1ccc(NC(=O)NCCC2CCCN2)cc1. The lowest BCUT2D eigenvalue weighted by molar-refractivity contribution is 0.251. The molecular formula is C14H18N4O. The van der Waals surface area contributed by atoms with Crippen molar-refractivity contribution in [2.24, 2.45) is 0 Å². The van der Waals surface area contributed by atoms with Crippen molar-refractivity contribution in [3.63, 3.8) is 0 Å². The number of anilines is 1. The van der Waals surface area contributed by atoms with Gasteiger partial charge in [0.05, 0.1) is 11.6 Å². The molecule has 0 bridgehead atoms. The lowest BCUT2D eigenvalue weighted by Crippen LogP contribution is -2.33. The maximum Gasteiger partial charge on any atom is 0.319 e. The Morgan fingerprint density at radius 3 is 2.84 bits per heavy atom. The fourth-order valence-corrected chi connectivity index (χ4v) is 2.17. The van der Waals surface area contributed by atoms with Crippen LogP contribution in [0.15, 0.2) is 24.3 Å². The van der Waals surface area contributed by atoms with E-state index in [9.17, 15) is 4.79 Å². The Kier molecular flexibility index (Phi) is 4.76. The fraction of sp³-hybridized carbons (Fsp3) is 0.429. The molecule has 5 nitrogen and oxygen atoms in total. The van der Waals surface area contributed by atoms with E-state index in [0.29, 0.717) is 23.8 Å². The Morgan fingerprint density at radius 2 is 2.21 bits per heavy atom. The van der Waals surface area contributed by atoms with Crippen LogP contribution in [-0.2, 0) is 0 Å². The number of urea groups is 1. The van der Waals surface area contributed by atoms with E-state index < -0.39 is 0 Å². The van der Waals surface area contributed by atoms with Gasteiger partial charge in [-0.2, -0.15) is 5.26 Å². The second kappa shape index (κ2) is 6.76. The molecule has 1 aliphatic heterocycles. The van der Waals surface area contributed by atoms with Crippen molar-refractivity contribution in [2.45, 2.75) is 25.3 Å². The predicted octanol–water partition coefficient (Wildman–Crippen LogP) is 1.82. The summed E-state index contributed by atoms with van der Waals surface area (Å²) in [4.78, 5) is 11.6. The lowest BCUT2D eigenvalue weighted by Gasteiger charge is -2.11. The van der Waals surface area contributed by atoms with Crippen molar-refractivity contribution in [1.29, 1.82) is 5.26 Å². The highest BCUT2D eigenvalue weighted by Gasteiger charge is 2.13. The predicted molar refractivity (Wildman–Crippen MR) is 73.8 cm³/mol. The molecular weight excluding hydrogens is 240 g/mol. The van der Waals surface area contributed by atoms with Crippen LogP contribution in [0.1, 0.15) is 24.8 Å². The van der Waals surface area contributed by atoms with E-state index in [0.717, 1.165) is 13.0 Å². The number of hydrogen-bond acceptors (Lipinski definition) is 3. The first kappa shape index (κ1) is 13.4. The molecule has 0 aliphatic carbocycles. The van der Waals surface area contributed by atoms with Gasteiger partial charge in [0, 0.05) is 18.3 Å². The highest BCUT2D eigenvalue weighted by molar-refractivity contribution is 5.89. The Hall–Kier alpha value is -2.06. The molecule has 1 aliphatic rings. The Morgan fingerprint density at radius 1 is 1.42 bits per heavy atom. The van der Waals surface area contributed by atoms with Crippen LogP contribution < -0.4 is 16.0 Å². The van der Waals surface area contributed by atoms with Gasteiger partial charge in [-0.25, -0.2) is 4.79 Å². The summed E-state index contributed by atoms with van der Waals surface area (Å²) in [5.74, 6) is 0. The van der Waals surface area contributed by atoms with Crippen molar-refractivity contribution in [3.05, 3.63) is 29.8 Å². The molecule has 0 spiro atoms. The highest BCUT2D eigenvalue weighted by Crippen LogP contribution is 2.09. The quantitative estimate of drug-likeness (QED) is 0.771. The molecule has 1 heterocycles. The van der Waals surface area contributed by atoms with Crippen molar-refractivity contribution < 1.29 is 4.79 Å². The Labute approximate surface area is 113 Å². The van der Waals surface area contributed by atoms with Gasteiger partial charge in [-0.1, -0.05) is 0 Å². The van der Waals surface area contributed by atoms with E-state index >= 15 is 0 Å². The van der Waals surface area contributed by atoms with E-state index in [1.807, 2.05) is 6.07 Å². The number of nitrogens with zero attached hydrogens (tertiary/aromatic N) is 1. The molecule has 0 aromatic heterocycles. The van der Waals surface area contributed by atoms with E-state index in [-0.39, 0.29) is 6.03 Å². The summed E-state index contributed by atoms with van der Waals surface area (Å²) in [6.07, 6.45) is 3.38. The lowest BCUT2D eigenvalue weighted by atomic mass is 10.1. The molecule has 0 saturated carbocycles. The van der Waals surface area contributed by atoms with Gasteiger partial charge in [-0.3, -0.25) is 0 Å². The summed E-state index contributed by atoms with van der Waals surface area (Å²) in [6.45, 7) is 1.75. The van der Waals surface area contributed by atoms with Gasteiger partial charge < -0.3 is 16.0 Å². The molecule has 1 fully saturated rings. The molecule has 1 unspecified atom stereocenters. The fourth-order valence-electron chi connectivity index (χ4n) is 2.17. The smallest absolute Gasteiger partial charge is 0.319 e. The zero-order valence-corrected chi connectivity index (χ0v) is 10.8. The van der Waals surface area contributed by atoms with Gasteiger partial charge in [0.1, 0.15) is 0 Å². The maximum atomic E-state index is 11.6. The van der Waals surface area contributed by atoms with Crippen LogP contribution >= 0.6 is 0 Å². The number of nitriles is 1. The first-order valence-electron chi connectivity index (χ1n) is 6.56. The largest absolute Gasteiger partial charge is 0.338 e. The number of hydrogen-bond donors (Lipinski definition) is 3. The number of amides is 2. The van der Waals surface area contributed by atoms with Crippen LogP contribution in [0.3, 0.4) is 0 Å². The van der Waals surface area contributed by atoms with Crippen molar-refractivity contribution in [1.82, 2.24) is 10.6 Å². The van der Waals surface area contributed by atoms with Gasteiger partial charge in [0.2, 0.25) is 0 Å². The minimum atomic E-state index is -0.206. The molecule has 100 valence electrons. The molecule has 5 heteroatoms. The average molecular weight is 258 g/mol. The summed E-state index contributed by atoms with van der Waals surface area (Å²) < 4.78 is 0. The van der Waals surface area contributed by atoms with Gasteiger partial charge >= 0.3 is 6.03 Å². The standard InChI is InChI=1S/C14H18N4O/c15-10-11-3-5-13(6-4-11)18-14(19)17-9-7-12-2-1-8-16-12/h3-6,12,16H,1-2,7-9H2,(H2,17,18,19). The van der Waals surface area contributed by atoms with Crippen LogP contribution in [0, 0.1) is 11.3 Å². The number of rotatable bonds is 4. The van der Waals surface area contributed by atoms with E-state index in [1.165, 1.54) is 12.8 Å². The highest BCUT2D eigenvalue weighted by atomic mass is 16.2. The van der Waals surface area contributed by atoms with Crippen LogP contribution in [0.25, 0.3) is 0 Å². The molecule has 2 rings (SSSR count). The third kappa shape index (κ3) is 4.27. The first-order chi connectivity index (χ1) is 9.28. The third-order valence-electron chi connectivity index (χ3n) is 3.21. The topological polar surface area (TPSA) is 77.0 Å². The summed E-state index contributed by atoms with van der Waals surface area (Å²) in [7, 11) is 0. The summed E-state index contributed by atoms with van der Waals surface area (Å²) in [5, 5.41) is 17.6. The molecule has 19 heavy (non-hydrogen) atoms. The summed E-state index contributed by atoms with van der Waals surface area (Å²) in [5.41, 5.74) is 1.27. The summed E-state index contributed by atoms with van der Waals surface area (Å²) in [6, 6.07) is 9.16. The molecule has 1 aromatic rings. The molecule has 1 atom stereocenters. The zero-order chi connectivity index (χ0) is 13.5. The molecule has 1 aromatic carbocycles. The van der Waals surface area contributed by atoms with Gasteiger partial charge in [0.25, 0.3) is 0 Å². The number of nitrogens with one attached hydrogen (secondary N) is 3. The van der Waals surface area contributed by atoms with Crippen molar-refractivity contribution in [3.8, 4) is 6.07 Å². The third-order valence-corrected chi connectivity index (χ3v) is 3.21. The van der Waals surface area contributed by atoms with E-state index in [2.05, 4.69) is 16.0 Å². The van der Waals surface area contributed by atoms with Crippen molar-refractivity contribution >= 4 is 11.7 Å². The second-order valence-corrected chi connectivity index (χ2v) is 4.65. The average Bonchev–Trinajstić information content (AvgIpc) is 2.93. The zero-order valence-electron chi connectivity index (χ0n) is 10.8. The monoisotopic (exact) mass is 258 g/mol. The maximum absolute atomic E-state index is 11.6. The Bertz CT molecular complexity index is 457. The summed E-state index contributed by atoms with van der Waals surface area (Å²) >= 11 is 0. The van der Waals surface area contributed by atoms with Gasteiger partial charge in [0.15, 0.2) is 0 Å². The van der Waals surface area contributed by atoms with Crippen LogP contribution in [0.2, 0.25) is 0 Å². The minimum absolute atomic E-state index is 0.206. The molecule has 1 saturated heterocycles. The van der Waals surface area contributed by atoms with Gasteiger partial charge in [-0.05, 0) is 50.1 Å². The van der Waals surface area contributed by atoms with E-state index in [4.69, 9.17) is 5.26 Å². The molecule has 2 amide bonds.